The Bertz CT molecular complexity index is 2400. The van der Waals surface area contributed by atoms with Gasteiger partial charge in [-0.3, -0.25) is 4.79 Å². The summed E-state index contributed by atoms with van der Waals surface area (Å²) in [5.41, 5.74) is 3.90. The molecule has 5 aromatic carbocycles. The van der Waals surface area contributed by atoms with Gasteiger partial charge >= 0.3 is 30.0 Å². The second kappa shape index (κ2) is 27.0. The van der Waals surface area contributed by atoms with Gasteiger partial charge in [-0.25, -0.2) is 19.2 Å². The van der Waals surface area contributed by atoms with Crippen LogP contribution >= 0.6 is 0 Å². The van der Waals surface area contributed by atoms with E-state index in [0.717, 1.165) is 29.4 Å². The van der Waals surface area contributed by atoms with Crippen molar-refractivity contribution in [3.05, 3.63) is 179 Å². The molecule has 0 bridgehead atoms. The Morgan fingerprint density at radius 2 is 1.09 bits per heavy atom. The van der Waals surface area contributed by atoms with Gasteiger partial charge in [0.1, 0.15) is 25.1 Å². The number of hydrogen-bond donors (Lipinski definition) is 0. The van der Waals surface area contributed by atoms with Crippen LogP contribution in [0.4, 0.5) is 4.79 Å². The van der Waals surface area contributed by atoms with Gasteiger partial charge in [0.2, 0.25) is 0 Å². The van der Waals surface area contributed by atoms with Crippen LogP contribution < -0.4 is 0 Å². The summed E-state index contributed by atoms with van der Waals surface area (Å²) < 4.78 is 47.0. The summed E-state index contributed by atoms with van der Waals surface area (Å²) in [6.07, 6.45) is -6.35. The molecule has 0 saturated carbocycles. The van der Waals surface area contributed by atoms with Crippen molar-refractivity contribution < 1.29 is 66.7 Å². The van der Waals surface area contributed by atoms with Crippen LogP contribution in [0.15, 0.2) is 146 Å². The molecule has 0 N–H and O–H groups in total. The molecule has 1 aliphatic heterocycles. The maximum Gasteiger partial charge on any atom is 0.410 e. The number of amides is 1. The van der Waals surface area contributed by atoms with Crippen molar-refractivity contribution >= 4 is 35.8 Å². The molecule has 0 radical (unpaired) electrons. The van der Waals surface area contributed by atoms with E-state index in [4.69, 9.17) is 37.9 Å². The number of unbranched alkanes of at least 4 members (excludes halogenated alkanes) is 2. The van der Waals surface area contributed by atoms with Crippen LogP contribution in [0, 0.1) is 0 Å². The Labute approximate surface area is 401 Å². The standard InChI is InChI=1S/C54H57NO14/c1-38(56)26-31-45(57)67-47-46(64-35-40-20-10-4-11-21-40)49(68-51(59)44-24-14-6-15-25-44)53(69-48(47)52(60)62-2)63-33-17-7-16-32-55(34-39-18-8-3-9-19-39)54(61)66-37-42-29-27-41(28-30-42)36-65-50(58)43-22-12-5-13-23-43/h3-6,8-15,18-25,27-30,46-49,53H,7,16-17,26,31-37H2,1-2H3/t46-,47-,48+,49+,53+/m0/s1. The summed E-state index contributed by atoms with van der Waals surface area (Å²) in [6.45, 7) is 2.17. The molecule has 0 aromatic heterocycles. The fourth-order valence-corrected chi connectivity index (χ4v) is 7.31. The van der Waals surface area contributed by atoms with Gasteiger partial charge in [-0.15, -0.1) is 0 Å². The van der Waals surface area contributed by atoms with Crippen molar-refractivity contribution in [2.24, 2.45) is 0 Å². The van der Waals surface area contributed by atoms with E-state index in [-0.39, 0.29) is 50.6 Å². The minimum absolute atomic E-state index is 0.0283. The number of benzene rings is 5. The van der Waals surface area contributed by atoms with Crippen molar-refractivity contribution in [2.75, 3.05) is 20.3 Å². The molecule has 5 aromatic rings. The zero-order chi connectivity index (χ0) is 48.8. The number of ether oxygens (including phenoxy) is 8. The Balaban J connectivity index is 1.10. The Morgan fingerprint density at radius 3 is 1.68 bits per heavy atom. The van der Waals surface area contributed by atoms with E-state index in [1.165, 1.54) is 6.92 Å². The third-order valence-electron chi connectivity index (χ3n) is 11.0. The number of esters is 4. The van der Waals surface area contributed by atoms with Crippen LogP contribution in [0.5, 0.6) is 0 Å². The van der Waals surface area contributed by atoms with Gasteiger partial charge in [0, 0.05) is 26.1 Å². The fourth-order valence-electron chi connectivity index (χ4n) is 7.31. The van der Waals surface area contributed by atoms with E-state index in [1.807, 2.05) is 91.0 Å². The smallest absolute Gasteiger partial charge is 0.410 e. The molecule has 362 valence electrons. The molecule has 1 saturated heterocycles. The van der Waals surface area contributed by atoms with E-state index < -0.39 is 60.7 Å². The van der Waals surface area contributed by atoms with E-state index in [1.54, 1.807) is 59.5 Å². The molecule has 1 fully saturated rings. The first-order chi connectivity index (χ1) is 33.6. The number of methoxy groups -OCH3 is 1. The molecular formula is C54H57NO14. The highest BCUT2D eigenvalue weighted by Crippen LogP contribution is 2.32. The van der Waals surface area contributed by atoms with Gasteiger partial charge in [-0.05, 0) is 72.7 Å². The van der Waals surface area contributed by atoms with Crippen LogP contribution in [0.25, 0.3) is 0 Å². The van der Waals surface area contributed by atoms with Crippen molar-refractivity contribution in [3.63, 3.8) is 0 Å². The van der Waals surface area contributed by atoms with Gasteiger partial charge in [-0.2, -0.15) is 0 Å². The van der Waals surface area contributed by atoms with Crippen molar-refractivity contribution in [3.8, 4) is 0 Å². The average Bonchev–Trinajstić information content (AvgIpc) is 3.38. The van der Waals surface area contributed by atoms with E-state index in [2.05, 4.69) is 0 Å². The SMILES string of the molecule is COC(=O)[C@@H]1O[C@@H](OCCCCCN(Cc2ccccc2)C(=O)OCc2ccc(COC(=O)c3ccccc3)cc2)[C@H](OC(=O)c2ccccc2)[C@@H](OCc2ccccc2)[C@@H]1OC(=O)CCC(C)=O. The van der Waals surface area contributed by atoms with Crippen LogP contribution in [0.3, 0.4) is 0 Å². The highest BCUT2D eigenvalue weighted by Gasteiger charge is 2.54. The van der Waals surface area contributed by atoms with Crippen LogP contribution in [-0.2, 0) is 78.6 Å². The summed E-state index contributed by atoms with van der Waals surface area (Å²) in [4.78, 5) is 79.5. The van der Waals surface area contributed by atoms with Crippen LogP contribution in [0.1, 0.15) is 82.0 Å². The average molecular weight is 944 g/mol. The van der Waals surface area contributed by atoms with Gasteiger partial charge in [0.25, 0.3) is 0 Å². The van der Waals surface area contributed by atoms with Crippen molar-refractivity contribution in [1.29, 1.82) is 0 Å². The third kappa shape index (κ3) is 16.2. The number of hydrogen-bond acceptors (Lipinski definition) is 14. The van der Waals surface area contributed by atoms with Crippen molar-refractivity contribution in [1.82, 2.24) is 4.90 Å². The lowest BCUT2D eigenvalue weighted by atomic mass is 9.97. The summed E-state index contributed by atoms with van der Waals surface area (Å²) in [6, 6.07) is 42.9. The zero-order valence-corrected chi connectivity index (χ0v) is 38.7. The fraction of sp³-hybridized carbons (Fsp3) is 0.333. The molecule has 0 unspecified atom stereocenters. The number of ketones is 1. The first kappa shape index (κ1) is 51.2. The molecule has 15 nitrogen and oxygen atoms in total. The number of carbonyl (C=O) groups is 6. The van der Waals surface area contributed by atoms with Crippen LogP contribution in [0.2, 0.25) is 0 Å². The predicted octanol–water partition coefficient (Wildman–Crippen LogP) is 8.36. The molecule has 1 amide bonds. The summed E-state index contributed by atoms with van der Waals surface area (Å²) in [5.74, 6) is -3.08. The van der Waals surface area contributed by atoms with Crippen molar-refractivity contribution in [2.45, 2.75) is 96.1 Å². The number of Topliss-reactive ketones (excluding diaryl/α,β-unsaturated/α-hetero) is 1. The number of nitrogens with zero attached hydrogens (tertiary/aromatic N) is 1. The molecule has 6 rings (SSSR count). The number of rotatable bonds is 24. The van der Waals surface area contributed by atoms with E-state index >= 15 is 0 Å². The zero-order valence-electron chi connectivity index (χ0n) is 38.7. The second-order valence-corrected chi connectivity index (χ2v) is 16.3. The molecule has 0 spiro atoms. The van der Waals surface area contributed by atoms with Gasteiger partial charge < -0.3 is 47.6 Å². The summed E-state index contributed by atoms with van der Waals surface area (Å²) >= 11 is 0. The largest absolute Gasteiger partial charge is 0.467 e. The molecule has 1 aliphatic rings. The Morgan fingerprint density at radius 1 is 0.536 bits per heavy atom. The van der Waals surface area contributed by atoms with Gasteiger partial charge in [0.05, 0.1) is 31.3 Å². The maximum absolute atomic E-state index is 13.7. The molecule has 1 heterocycles. The minimum Gasteiger partial charge on any atom is -0.467 e. The minimum atomic E-state index is -1.56. The first-order valence-electron chi connectivity index (χ1n) is 22.8. The van der Waals surface area contributed by atoms with E-state index in [0.29, 0.717) is 37.9 Å². The maximum atomic E-state index is 13.7. The lowest BCUT2D eigenvalue weighted by Gasteiger charge is -2.44. The van der Waals surface area contributed by atoms with Gasteiger partial charge in [0.15, 0.2) is 24.6 Å². The lowest BCUT2D eigenvalue weighted by molar-refractivity contribution is -0.303. The molecule has 5 atom stereocenters. The van der Waals surface area contributed by atoms with E-state index in [9.17, 15) is 28.8 Å². The highest BCUT2D eigenvalue weighted by atomic mass is 16.7. The van der Waals surface area contributed by atoms with Gasteiger partial charge in [-0.1, -0.05) is 121 Å². The topological polar surface area (TPSA) is 180 Å². The molecule has 69 heavy (non-hydrogen) atoms. The third-order valence-corrected chi connectivity index (χ3v) is 11.0. The Hall–Kier alpha value is -7.20. The Kier molecular flexibility index (Phi) is 20.0. The predicted molar refractivity (Wildman–Crippen MR) is 250 cm³/mol. The quantitative estimate of drug-likeness (QED) is 0.0327. The summed E-state index contributed by atoms with van der Waals surface area (Å²) in [7, 11) is 1.15. The number of carbonyl (C=O) groups excluding carboxylic acids is 6. The normalized spacial score (nSPS) is 17.4. The highest BCUT2D eigenvalue weighted by molar-refractivity contribution is 5.90. The monoisotopic (exact) mass is 943 g/mol. The molecule has 0 aliphatic carbocycles. The molecule has 15 heteroatoms. The van der Waals surface area contributed by atoms with Crippen LogP contribution in [-0.4, -0.2) is 91.6 Å². The molecular weight excluding hydrogens is 887 g/mol. The second-order valence-electron chi connectivity index (χ2n) is 16.3. The summed E-state index contributed by atoms with van der Waals surface area (Å²) in [5, 5.41) is 0. The lowest BCUT2D eigenvalue weighted by Crippen LogP contribution is -2.63. The first-order valence-corrected chi connectivity index (χ1v) is 22.8.